The van der Waals surface area contributed by atoms with Gasteiger partial charge in [0.05, 0.1) is 0 Å². The molecule has 0 unspecified atom stereocenters. The standard InChI is InChI=1S/C44H29NS/c1-2-11-35(12-3-1)45(37-26-21-32(22-27-37)39-15-8-10-31-9-4-5-13-38(31)39)36-24-19-30(20-25-36)34-18-17-33-23-28-43-44(41(33)29-34)40-14-6-7-16-42(40)46-43/h1-29H. The summed E-state index contributed by atoms with van der Waals surface area (Å²) in [6, 6.07) is 63.8. The Bertz CT molecular complexity index is 2500. The third-order valence-electron chi connectivity index (χ3n) is 9.06. The number of benzene rings is 8. The molecule has 1 aromatic heterocycles. The predicted molar refractivity (Wildman–Crippen MR) is 200 cm³/mol. The van der Waals surface area contributed by atoms with Gasteiger partial charge >= 0.3 is 0 Å². The first-order valence-electron chi connectivity index (χ1n) is 15.7. The molecule has 0 aliphatic heterocycles. The largest absolute Gasteiger partial charge is 0.311 e. The van der Waals surface area contributed by atoms with Crippen LogP contribution in [0.15, 0.2) is 176 Å². The number of thiophene rings is 1. The molecule has 0 fully saturated rings. The van der Waals surface area contributed by atoms with Gasteiger partial charge in [-0.2, -0.15) is 0 Å². The van der Waals surface area contributed by atoms with E-state index in [-0.39, 0.29) is 0 Å². The number of rotatable bonds is 5. The van der Waals surface area contributed by atoms with Gasteiger partial charge in [-0.15, -0.1) is 11.3 Å². The number of anilines is 3. The Labute approximate surface area is 272 Å². The molecular weight excluding hydrogens is 575 g/mol. The van der Waals surface area contributed by atoms with Gasteiger partial charge in [-0.25, -0.2) is 0 Å². The van der Waals surface area contributed by atoms with Gasteiger partial charge in [0.25, 0.3) is 0 Å². The van der Waals surface area contributed by atoms with Gasteiger partial charge in [0.2, 0.25) is 0 Å². The fourth-order valence-corrected chi connectivity index (χ4v) is 7.94. The number of hydrogen-bond acceptors (Lipinski definition) is 2. The summed E-state index contributed by atoms with van der Waals surface area (Å²) in [6.45, 7) is 0. The van der Waals surface area contributed by atoms with Crippen LogP contribution in [0.4, 0.5) is 17.1 Å². The molecule has 0 aliphatic rings. The van der Waals surface area contributed by atoms with Crippen molar-refractivity contribution in [3.05, 3.63) is 176 Å². The maximum Gasteiger partial charge on any atom is 0.0462 e. The molecule has 0 radical (unpaired) electrons. The van der Waals surface area contributed by atoms with E-state index in [1.54, 1.807) is 0 Å². The topological polar surface area (TPSA) is 3.24 Å². The average molecular weight is 604 g/mol. The van der Waals surface area contributed by atoms with Crippen molar-refractivity contribution < 1.29 is 0 Å². The normalized spacial score (nSPS) is 11.5. The molecule has 0 atom stereocenters. The monoisotopic (exact) mass is 603 g/mol. The van der Waals surface area contributed by atoms with Crippen LogP contribution in [0.2, 0.25) is 0 Å². The molecule has 2 heteroatoms. The van der Waals surface area contributed by atoms with Gasteiger partial charge < -0.3 is 4.90 Å². The lowest BCUT2D eigenvalue weighted by atomic mass is 9.97. The summed E-state index contributed by atoms with van der Waals surface area (Å²) in [6.07, 6.45) is 0. The van der Waals surface area contributed by atoms with Gasteiger partial charge in [0, 0.05) is 37.2 Å². The van der Waals surface area contributed by atoms with Gasteiger partial charge in [0.1, 0.15) is 0 Å². The molecule has 0 N–H and O–H groups in total. The van der Waals surface area contributed by atoms with Crippen LogP contribution in [0, 0.1) is 0 Å². The van der Waals surface area contributed by atoms with Crippen molar-refractivity contribution >= 4 is 70.1 Å². The highest BCUT2D eigenvalue weighted by atomic mass is 32.1. The fraction of sp³-hybridized carbons (Fsp3) is 0. The molecule has 0 saturated carbocycles. The van der Waals surface area contributed by atoms with Crippen LogP contribution in [0.3, 0.4) is 0 Å². The minimum absolute atomic E-state index is 1.12. The quantitative estimate of drug-likeness (QED) is 0.189. The molecular formula is C44H29NS. The number of fused-ring (bicyclic) bond motifs is 6. The zero-order chi connectivity index (χ0) is 30.5. The molecule has 9 rings (SSSR count). The van der Waals surface area contributed by atoms with Crippen molar-refractivity contribution in [2.75, 3.05) is 4.90 Å². The second kappa shape index (κ2) is 11.0. The molecule has 0 saturated heterocycles. The Hall–Kier alpha value is -5.70. The minimum atomic E-state index is 1.12. The molecule has 0 spiro atoms. The van der Waals surface area contributed by atoms with Crippen LogP contribution in [-0.4, -0.2) is 0 Å². The van der Waals surface area contributed by atoms with Gasteiger partial charge in [-0.3, -0.25) is 0 Å². The van der Waals surface area contributed by atoms with E-state index in [0.717, 1.165) is 17.1 Å². The third kappa shape index (κ3) is 4.54. The average Bonchev–Trinajstić information content (AvgIpc) is 3.52. The number of para-hydroxylation sites is 1. The summed E-state index contributed by atoms with van der Waals surface area (Å²) in [4.78, 5) is 2.33. The van der Waals surface area contributed by atoms with Crippen LogP contribution in [-0.2, 0) is 0 Å². The van der Waals surface area contributed by atoms with Crippen LogP contribution in [0.1, 0.15) is 0 Å². The molecule has 8 aromatic carbocycles. The van der Waals surface area contributed by atoms with Crippen molar-refractivity contribution in [1.82, 2.24) is 0 Å². The lowest BCUT2D eigenvalue weighted by Crippen LogP contribution is -2.09. The van der Waals surface area contributed by atoms with Crippen molar-refractivity contribution in [2.24, 2.45) is 0 Å². The zero-order valence-electron chi connectivity index (χ0n) is 25.1. The summed E-state index contributed by atoms with van der Waals surface area (Å²) in [5, 5.41) is 7.82. The maximum absolute atomic E-state index is 2.37. The van der Waals surface area contributed by atoms with Crippen LogP contribution in [0.25, 0.3) is 64.0 Å². The van der Waals surface area contributed by atoms with Crippen molar-refractivity contribution in [1.29, 1.82) is 0 Å². The smallest absolute Gasteiger partial charge is 0.0462 e. The maximum atomic E-state index is 2.37. The Balaban J connectivity index is 1.10. The van der Waals surface area contributed by atoms with E-state index in [9.17, 15) is 0 Å². The van der Waals surface area contributed by atoms with Crippen LogP contribution in [0.5, 0.6) is 0 Å². The van der Waals surface area contributed by atoms with E-state index in [0.29, 0.717) is 0 Å². The summed E-state index contributed by atoms with van der Waals surface area (Å²) in [5.41, 5.74) is 8.29. The van der Waals surface area contributed by atoms with Gasteiger partial charge in [0.15, 0.2) is 0 Å². The van der Waals surface area contributed by atoms with Crippen LogP contribution >= 0.6 is 11.3 Å². The first kappa shape index (κ1) is 26.7. The van der Waals surface area contributed by atoms with E-state index in [4.69, 9.17) is 0 Å². The molecule has 46 heavy (non-hydrogen) atoms. The second-order valence-corrected chi connectivity index (χ2v) is 12.8. The first-order chi connectivity index (χ1) is 22.8. The molecule has 0 amide bonds. The Morgan fingerprint density at radius 1 is 0.348 bits per heavy atom. The van der Waals surface area contributed by atoms with Gasteiger partial charge in [-0.05, 0) is 98.4 Å². The van der Waals surface area contributed by atoms with E-state index < -0.39 is 0 Å². The van der Waals surface area contributed by atoms with Crippen LogP contribution < -0.4 is 4.90 Å². The lowest BCUT2D eigenvalue weighted by molar-refractivity contribution is 1.28. The van der Waals surface area contributed by atoms with Crippen molar-refractivity contribution in [3.8, 4) is 22.3 Å². The van der Waals surface area contributed by atoms with Crippen molar-refractivity contribution in [3.63, 3.8) is 0 Å². The SMILES string of the molecule is c1ccc(N(c2ccc(-c3ccc4ccc5sc6ccccc6c5c4c3)cc2)c2ccc(-c3cccc4ccccc34)cc2)cc1. The van der Waals surface area contributed by atoms with E-state index in [2.05, 4.69) is 181 Å². The lowest BCUT2D eigenvalue weighted by Gasteiger charge is -2.26. The highest BCUT2D eigenvalue weighted by Crippen LogP contribution is 2.41. The predicted octanol–water partition coefficient (Wildman–Crippen LogP) is 13.2. The van der Waals surface area contributed by atoms with Crippen molar-refractivity contribution in [2.45, 2.75) is 0 Å². The molecule has 9 aromatic rings. The van der Waals surface area contributed by atoms with E-state index in [1.165, 1.54) is 64.0 Å². The van der Waals surface area contributed by atoms with E-state index >= 15 is 0 Å². The second-order valence-electron chi connectivity index (χ2n) is 11.8. The summed E-state index contributed by atoms with van der Waals surface area (Å²) in [5.74, 6) is 0. The molecule has 1 nitrogen and oxygen atoms in total. The zero-order valence-corrected chi connectivity index (χ0v) is 25.9. The molecule has 0 bridgehead atoms. The summed E-state index contributed by atoms with van der Waals surface area (Å²) in [7, 11) is 0. The number of hydrogen-bond donors (Lipinski definition) is 0. The first-order valence-corrected chi connectivity index (χ1v) is 16.5. The van der Waals surface area contributed by atoms with Gasteiger partial charge in [-0.1, -0.05) is 121 Å². The van der Waals surface area contributed by atoms with E-state index in [1.807, 2.05) is 11.3 Å². The molecule has 1 heterocycles. The fourth-order valence-electron chi connectivity index (χ4n) is 6.82. The minimum Gasteiger partial charge on any atom is -0.311 e. The molecule has 216 valence electrons. The highest BCUT2D eigenvalue weighted by Gasteiger charge is 2.14. The number of nitrogens with zero attached hydrogens (tertiary/aromatic N) is 1. The highest BCUT2D eigenvalue weighted by molar-refractivity contribution is 7.26. The Morgan fingerprint density at radius 2 is 0.935 bits per heavy atom. The Kier molecular flexibility index (Phi) is 6.40. The third-order valence-corrected chi connectivity index (χ3v) is 10.2. The summed E-state index contributed by atoms with van der Waals surface area (Å²) < 4.78 is 2.68. The Morgan fingerprint density at radius 3 is 1.74 bits per heavy atom. The molecule has 0 aliphatic carbocycles. The summed E-state index contributed by atoms with van der Waals surface area (Å²) >= 11 is 1.87.